The smallest absolute Gasteiger partial charge is 0.242 e. The lowest BCUT2D eigenvalue weighted by molar-refractivity contribution is 0.322. The number of sulfonamides is 1. The number of benzene rings is 1. The Morgan fingerprint density at radius 2 is 2.14 bits per heavy atom. The second-order valence-electron chi connectivity index (χ2n) is 4.63. The fraction of sp³-hybridized carbons (Fsp3) is 0.286. The lowest BCUT2D eigenvalue weighted by atomic mass is 10.2. The molecule has 0 saturated heterocycles. The van der Waals surface area contributed by atoms with Gasteiger partial charge in [-0.25, -0.2) is 13.1 Å². The monoisotopic (exact) mass is 309 g/mol. The van der Waals surface area contributed by atoms with Crippen molar-refractivity contribution in [2.45, 2.75) is 18.4 Å². The minimum absolute atomic E-state index is 0.179. The fourth-order valence-electron chi connectivity index (χ4n) is 1.83. The predicted octanol–water partition coefficient (Wildman–Crippen LogP) is 1.14. The zero-order chi connectivity index (χ0) is 15.3. The fourth-order valence-corrected chi connectivity index (χ4v) is 2.86. The van der Waals surface area contributed by atoms with Gasteiger partial charge in [0.2, 0.25) is 10.0 Å². The van der Waals surface area contributed by atoms with Gasteiger partial charge in [-0.15, -0.1) is 0 Å². The molecule has 7 heteroatoms. The van der Waals surface area contributed by atoms with Crippen LogP contribution in [0.1, 0.15) is 11.3 Å². The highest BCUT2D eigenvalue weighted by Crippen LogP contribution is 2.12. The molecule has 114 valence electrons. The summed E-state index contributed by atoms with van der Waals surface area (Å²) < 4.78 is 32.0. The van der Waals surface area contributed by atoms with E-state index in [0.717, 1.165) is 11.3 Å². The highest BCUT2D eigenvalue weighted by atomic mass is 32.2. The molecule has 0 aliphatic heterocycles. The third kappa shape index (κ3) is 4.32. The van der Waals surface area contributed by atoms with Crippen molar-refractivity contribution >= 4 is 10.0 Å². The van der Waals surface area contributed by atoms with Crippen molar-refractivity contribution in [3.05, 3.63) is 47.8 Å². The van der Waals surface area contributed by atoms with Gasteiger partial charge in [-0.05, 0) is 30.7 Å². The van der Waals surface area contributed by atoms with Crippen molar-refractivity contribution in [3.63, 3.8) is 0 Å². The van der Waals surface area contributed by atoms with E-state index >= 15 is 0 Å². The predicted molar refractivity (Wildman–Crippen MR) is 80.5 cm³/mol. The van der Waals surface area contributed by atoms with Crippen LogP contribution in [0.3, 0.4) is 0 Å². The largest absolute Gasteiger partial charge is 0.492 e. The van der Waals surface area contributed by atoms with Crippen LogP contribution in [0.25, 0.3) is 0 Å². The summed E-state index contributed by atoms with van der Waals surface area (Å²) in [6.07, 6.45) is 1.42. The number of aryl methyl sites for hydroxylation is 1. The molecule has 0 unspecified atom stereocenters. The number of hydrogen-bond donors (Lipinski definition) is 3. The number of hydrogen-bond acceptors (Lipinski definition) is 4. The number of ether oxygens (including phenoxy) is 1. The van der Waals surface area contributed by atoms with E-state index in [4.69, 9.17) is 10.5 Å². The third-order valence-corrected chi connectivity index (χ3v) is 4.34. The lowest BCUT2D eigenvalue weighted by Gasteiger charge is -2.08. The van der Waals surface area contributed by atoms with E-state index in [1.165, 1.54) is 12.3 Å². The van der Waals surface area contributed by atoms with Crippen molar-refractivity contribution in [1.29, 1.82) is 0 Å². The Bertz CT molecular complexity index is 695. The van der Waals surface area contributed by atoms with Crippen LogP contribution >= 0.6 is 0 Å². The molecule has 21 heavy (non-hydrogen) atoms. The molecular weight excluding hydrogens is 290 g/mol. The average molecular weight is 309 g/mol. The molecule has 2 aromatic rings. The number of nitrogens with two attached hydrogens (primary N) is 1. The Balaban J connectivity index is 1.85. The quantitative estimate of drug-likeness (QED) is 0.668. The van der Waals surface area contributed by atoms with Crippen LogP contribution in [0.15, 0.2) is 41.4 Å². The van der Waals surface area contributed by atoms with Crippen LogP contribution in [0, 0.1) is 6.92 Å². The summed E-state index contributed by atoms with van der Waals surface area (Å²) in [5.41, 5.74) is 7.20. The van der Waals surface area contributed by atoms with Gasteiger partial charge < -0.3 is 15.5 Å². The van der Waals surface area contributed by atoms with Gasteiger partial charge in [-0.2, -0.15) is 0 Å². The summed E-state index contributed by atoms with van der Waals surface area (Å²) in [6, 6.07) is 9.11. The molecular formula is C14H19N3O3S. The zero-order valence-electron chi connectivity index (χ0n) is 11.8. The van der Waals surface area contributed by atoms with Crippen molar-refractivity contribution < 1.29 is 13.2 Å². The van der Waals surface area contributed by atoms with Crippen molar-refractivity contribution in [1.82, 2.24) is 9.71 Å². The van der Waals surface area contributed by atoms with Crippen LogP contribution in [0.5, 0.6) is 5.75 Å². The Hall–Kier alpha value is -1.83. The van der Waals surface area contributed by atoms with Crippen LogP contribution in [-0.2, 0) is 16.6 Å². The second kappa shape index (κ2) is 6.75. The number of H-pyrrole nitrogens is 1. The molecule has 0 fully saturated rings. The van der Waals surface area contributed by atoms with E-state index in [1.54, 1.807) is 0 Å². The van der Waals surface area contributed by atoms with E-state index < -0.39 is 10.0 Å². The van der Waals surface area contributed by atoms with Gasteiger partial charge in [0.1, 0.15) is 12.4 Å². The van der Waals surface area contributed by atoms with E-state index in [1.807, 2.05) is 31.2 Å². The molecule has 6 nitrogen and oxygen atoms in total. The van der Waals surface area contributed by atoms with Gasteiger partial charge in [0.05, 0.1) is 4.90 Å². The van der Waals surface area contributed by atoms with Crippen LogP contribution < -0.4 is 15.2 Å². The van der Waals surface area contributed by atoms with Gasteiger partial charge >= 0.3 is 0 Å². The number of rotatable bonds is 7. The molecule has 1 heterocycles. The van der Waals surface area contributed by atoms with Gasteiger partial charge in [-0.1, -0.05) is 12.1 Å². The number of aromatic nitrogens is 1. The van der Waals surface area contributed by atoms with E-state index in [2.05, 4.69) is 9.71 Å². The number of nitrogens with one attached hydrogen (secondary N) is 2. The van der Waals surface area contributed by atoms with Crippen molar-refractivity contribution in [2.75, 3.05) is 13.2 Å². The zero-order valence-corrected chi connectivity index (χ0v) is 12.6. The molecule has 0 saturated carbocycles. The average Bonchev–Trinajstić information content (AvgIpc) is 2.93. The van der Waals surface area contributed by atoms with Gasteiger partial charge in [0.25, 0.3) is 0 Å². The third-order valence-electron chi connectivity index (χ3n) is 2.90. The first-order valence-corrected chi connectivity index (χ1v) is 8.06. The molecule has 2 rings (SSSR count). The minimum atomic E-state index is -3.53. The Labute approximate surface area is 124 Å². The maximum absolute atomic E-state index is 12.0. The molecule has 0 aliphatic carbocycles. The van der Waals surface area contributed by atoms with Crippen molar-refractivity contribution in [3.8, 4) is 5.75 Å². The summed E-state index contributed by atoms with van der Waals surface area (Å²) in [4.78, 5) is 2.99. The first kappa shape index (κ1) is 15.6. The first-order chi connectivity index (χ1) is 10.0. The van der Waals surface area contributed by atoms with Crippen molar-refractivity contribution in [2.24, 2.45) is 5.73 Å². The van der Waals surface area contributed by atoms with Gasteiger partial charge in [-0.3, -0.25) is 0 Å². The summed E-state index contributed by atoms with van der Waals surface area (Å²) in [6.45, 7) is 2.69. The second-order valence-corrected chi connectivity index (χ2v) is 6.39. The Morgan fingerprint density at radius 3 is 2.81 bits per heavy atom. The highest BCUT2D eigenvalue weighted by molar-refractivity contribution is 7.89. The van der Waals surface area contributed by atoms with Gasteiger partial charge in [0, 0.05) is 25.0 Å². The van der Waals surface area contributed by atoms with Crippen LogP contribution in [0.4, 0.5) is 0 Å². The number of aromatic amines is 1. The molecule has 0 amide bonds. The molecule has 0 spiro atoms. The topological polar surface area (TPSA) is 97.2 Å². The van der Waals surface area contributed by atoms with Crippen LogP contribution in [-0.4, -0.2) is 26.6 Å². The maximum atomic E-state index is 12.0. The molecule has 0 aliphatic rings. The summed E-state index contributed by atoms with van der Waals surface area (Å²) in [7, 11) is -3.53. The molecule has 0 bridgehead atoms. The lowest BCUT2D eigenvalue weighted by Crippen LogP contribution is -2.28. The Kier molecular flexibility index (Phi) is 5.00. The molecule has 0 radical (unpaired) electrons. The van der Waals surface area contributed by atoms with Gasteiger partial charge in [0.15, 0.2) is 0 Å². The normalized spacial score (nSPS) is 11.5. The Morgan fingerprint density at radius 1 is 1.33 bits per heavy atom. The standard InChI is InChI=1S/C14H19N3O3S/c1-11-3-2-4-13(7-11)20-6-5-17-21(18,19)14-8-12(9-15)16-10-14/h2-4,7-8,10,16-17H,5-6,9,15H2,1H3. The first-order valence-electron chi connectivity index (χ1n) is 6.58. The van der Waals surface area contributed by atoms with Crippen LogP contribution in [0.2, 0.25) is 0 Å². The molecule has 0 atom stereocenters. The minimum Gasteiger partial charge on any atom is -0.492 e. The highest BCUT2D eigenvalue weighted by Gasteiger charge is 2.15. The molecule has 4 N–H and O–H groups in total. The summed E-state index contributed by atoms with van der Waals surface area (Å²) in [5.74, 6) is 0.723. The SMILES string of the molecule is Cc1cccc(OCCNS(=O)(=O)c2c[nH]c(CN)c2)c1. The maximum Gasteiger partial charge on any atom is 0.242 e. The molecule has 1 aromatic heterocycles. The van der Waals surface area contributed by atoms with E-state index in [-0.39, 0.29) is 24.6 Å². The van der Waals surface area contributed by atoms with E-state index in [0.29, 0.717) is 5.69 Å². The molecule has 1 aromatic carbocycles. The summed E-state index contributed by atoms with van der Waals surface area (Å²) in [5, 5.41) is 0. The summed E-state index contributed by atoms with van der Waals surface area (Å²) >= 11 is 0. The van der Waals surface area contributed by atoms with E-state index in [9.17, 15) is 8.42 Å².